The van der Waals surface area contributed by atoms with E-state index >= 15 is 0 Å². The second-order valence-electron chi connectivity index (χ2n) is 7.67. The van der Waals surface area contributed by atoms with Crippen LogP contribution in [0.4, 0.5) is 0 Å². The third-order valence-electron chi connectivity index (χ3n) is 6.02. The highest BCUT2D eigenvalue weighted by Crippen LogP contribution is 2.34. The quantitative estimate of drug-likeness (QED) is 0.829. The van der Waals surface area contributed by atoms with Gasteiger partial charge in [-0.2, -0.15) is 0 Å². The molecule has 0 saturated carbocycles. The number of likely N-dealkylation sites (tertiary alicyclic amines) is 2. The van der Waals surface area contributed by atoms with E-state index in [1.165, 1.54) is 0 Å². The van der Waals surface area contributed by atoms with Crippen molar-refractivity contribution in [2.45, 2.75) is 57.7 Å². The average Bonchev–Trinajstić information content (AvgIpc) is 3.08. The molecular weight excluding hydrogens is 330 g/mol. The number of hydrogen-bond acceptors (Lipinski definition) is 4. The van der Waals surface area contributed by atoms with Crippen molar-refractivity contribution < 1.29 is 14.3 Å². The largest absolute Gasteiger partial charge is 0.381 e. The first kappa shape index (κ1) is 17.5. The summed E-state index contributed by atoms with van der Waals surface area (Å²) in [6.45, 7) is 4.63. The molecule has 1 aromatic rings. The number of fused-ring (bicyclic) bond motifs is 1. The van der Waals surface area contributed by atoms with Gasteiger partial charge in [-0.1, -0.05) is 6.07 Å². The molecule has 3 saturated heterocycles. The van der Waals surface area contributed by atoms with E-state index in [0.717, 1.165) is 43.6 Å². The monoisotopic (exact) mass is 357 g/mol. The number of amides is 2. The molecule has 4 rings (SSSR count). The zero-order chi connectivity index (χ0) is 18.1. The van der Waals surface area contributed by atoms with Gasteiger partial charge in [0.2, 0.25) is 11.8 Å². The Kier molecular flexibility index (Phi) is 4.94. The van der Waals surface area contributed by atoms with Gasteiger partial charge in [0, 0.05) is 37.8 Å². The molecule has 4 heterocycles. The molecule has 0 aromatic carbocycles. The van der Waals surface area contributed by atoms with Crippen molar-refractivity contribution in [1.82, 2.24) is 14.8 Å². The average molecular weight is 357 g/mol. The van der Waals surface area contributed by atoms with E-state index in [-0.39, 0.29) is 29.8 Å². The van der Waals surface area contributed by atoms with Gasteiger partial charge in [-0.05, 0) is 44.7 Å². The molecule has 6 heteroatoms. The van der Waals surface area contributed by atoms with Gasteiger partial charge in [-0.15, -0.1) is 0 Å². The van der Waals surface area contributed by atoms with E-state index in [1.54, 1.807) is 0 Å². The standard InChI is InChI=1S/C20H27N3O3/c1-14-3-2-4-16(21-14)13-23-18-7-10-22(17(18)5-6-19(23)24)20(25)15-8-11-26-12-9-15/h2-4,15,17-18H,5-13H2,1H3/t17-,18-/m0/s1. The first-order valence-electron chi connectivity index (χ1n) is 9.74. The summed E-state index contributed by atoms with van der Waals surface area (Å²) in [6, 6.07) is 6.21. The molecule has 3 aliphatic heterocycles. The van der Waals surface area contributed by atoms with E-state index in [9.17, 15) is 9.59 Å². The van der Waals surface area contributed by atoms with E-state index in [0.29, 0.717) is 26.2 Å². The number of hydrogen-bond donors (Lipinski definition) is 0. The first-order chi connectivity index (χ1) is 12.6. The van der Waals surface area contributed by atoms with Crippen LogP contribution in [0.3, 0.4) is 0 Å². The Hall–Kier alpha value is -1.95. The van der Waals surface area contributed by atoms with Crippen LogP contribution in [0, 0.1) is 12.8 Å². The molecule has 0 radical (unpaired) electrons. The van der Waals surface area contributed by atoms with E-state index in [2.05, 4.69) is 9.88 Å². The van der Waals surface area contributed by atoms with Gasteiger partial charge in [0.05, 0.1) is 24.3 Å². The van der Waals surface area contributed by atoms with Gasteiger partial charge in [0.15, 0.2) is 0 Å². The van der Waals surface area contributed by atoms with Crippen molar-refractivity contribution in [2.75, 3.05) is 19.8 Å². The Morgan fingerprint density at radius 2 is 2.00 bits per heavy atom. The van der Waals surface area contributed by atoms with E-state index < -0.39 is 0 Å². The molecule has 0 unspecified atom stereocenters. The van der Waals surface area contributed by atoms with E-state index in [4.69, 9.17) is 4.74 Å². The molecule has 2 atom stereocenters. The minimum atomic E-state index is 0.0898. The van der Waals surface area contributed by atoms with Crippen LogP contribution in [0.25, 0.3) is 0 Å². The summed E-state index contributed by atoms with van der Waals surface area (Å²) in [7, 11) is 0. The SMILES string of the molecule is Cc1cccc(CN2C(=O)CC[C@H]3[C@@H]2CCN3C(=O)C2CCOCC2)n1. The molecule has 1 aromatic heterocycles. The molecule has 6 nitrogen and oxygen atoms in total. The fourth-order valence-electron chi connectivity index (χ4n) is 4.67. The van der Waals surface area contributed by atoms with Gasteiger partial charge in [0.1, 0.15) is 0 Å². The maximum absolute atomic E-state index is 13.0. The van der Waals surface area contributed by atoms with Crippen molar-refractivity contribution in [2.24, 2.45) is 5.92 Å². The second-order valence-corrected chi connectivity index (χ2v) is 7.67. The zero-order valence-corrected chi connectivity index (χ0v) is 15.4. The number of rotatable bonds is 3. The molecule has 140 valence electrons. The minimum absolute atomic E-state index is 0.0898. The Bertz CT molecular complexity index is 687. The van der Waals surface area contributed by atoms with Crippen molar-refractivity contribution in [1.29, 1.82) is 0 Å². The lowest BCUT2D eigenvalue weighted by atomic mass is 9.94. The van der Waals surface area contributed by atoms with Crippen LogP contribution in [0.2, 0.25) is 0 Å². The molecule has 0 bridgehead atoms. The van der Waals surface area contributed by atoms with Crippen molar-refractivity contribution >= 4 is 11.8 Å². The van der Waals surface area contributed by atoms with Crippen LogP contribution in [0.15, 0.2) is 18.2 Å². The molecule has 0 N–H and O–H groups in total. The summed E-state index contributed by atoms with van der Waals surface area (Å²) >= 11 is 0. The fourth-order valence-corrected chi connectivity index (χ4v) is 4.67. The number of aromatic nitrogens is 1. The summed E-state index contributed by atoms with van der Waals surface area (Å²) in [6.07, 6.45) is 3.82. The Morgan fingerprint density at radius 1 is 1.19 bits per heavy atom. The Labute approximate surface area is 154 Å². The van der Waals surface area contributed by atoms with Crippen LogP contribution >= 0.6 is 0 Å². The number of carbonyl (C=O) groups excluding carboxylic acids is 2. The number of carbonyl (C=O) groups is 2. The normalized spacial score (nSPS) is 26.9. The van der Waals surface area contributed by atoms with Crippen LogP contribution in [0.5, 0.6) is 0 Å². The van der Waals surface area contributed by atoms with E-state index in [1.807, 2.05) is 30.0 Å². The van der Waals surface area contributed by atoms with Crippen molar-refractivity contribution in [3.05, 3.63) is 29.6 Å². The highest BCUT2D eigenvalue weighted by molar-refractivity contribution is 5.81. The predicted octanol–water partition coefficient (Wildman–Crippen LogP) is 1.91. The number of aryl methyl sites for hydroxylation is 1. The predicted molar refractivity (Wildman–Crippen MR) is 96.2 cm³/mol. The Balaban J connectivity index is 1.48. The highest BCUT2D eigenvalue weighted by atomic mass is 16.5. The van der Waals surface area contributed by atoms with Crippen LogP contribution < -0.4 is 0 Å². The second kappa shape index (κ2) is 7.35. The maximum Gasteiger partial charge on any atom is 0.226 e. The number of piperidine rings is 1. The summed E-state index contributed by atoms with van der Waals surface area (Å²) in [5, 5.41) is 0. The number of nitrogens with zero attached hydrogens (tertiary/aromatic N) is 3. The zero-order valence-electron chi connectivity index (χ0n) is 15.4. The van der Waals surface area contributed by atoms with Crippen molar-refractivity contribution in [3.8, 4) is 0 Å². The highest BCUT2D eigenvalue weighted by Gasteiger charge is 2.46. The summed E-state index contributed by atoms with van der Waals surface area (Å²) < 4.78 is 5.40. The fraction of sp³-hybridized carbons (Fsp3) is 0.650. The summed E-state index contributed by atoms with van der Waals surface area (Å²) in [5.41, 5.74) is 1.89. The molecule has 0 aliphatic carbocycles. The molecule has 0 spiro atoms. The van der Waals surface area contributed by atoms with Gasteiger partial charge in [0.25, 0.3) is 0 Å². The van der Waals surface area contributed by atoms with Crippen molar-refractivity contribution in [3.63, 3.8) is 0 Å². The van der Waals surface area contributed by atoms with Gasteiger partial charge in [-0.25, -0.2) is 0 Å². The molecule has 26 heavy (non-hydrogen) atoms. The van der Waals surface area contributed by atoms with Gasteiger partial charge in [-0.3, -0.25) is 14.6 Å². The minimum Gasteiger partial charge on any atom is -0.381 e. The third-order valence-corrected chi connectivity index (χ3v) is 6.02. The molecular formula is C20H27N3O3. The lowest BCUT2D eigenvalue weighted by molar-refractivity contribution is -0.145. The number of pyridine rings is 1. The van der Waals surface area contributed by atoms with Gasteiger partial charge >= 0.3 is 0 Å². The molecule has 2 amide bonds. The number of ether oxygens (including phenoxy) is 1. The van der Waals surface area contributed by atoms with Crippen LogP contribution in [0.1, 0.15) is 43.5 Å². The molecule has 3 fully saturated rings. The van der Waals surface area contributed by atoms with Crippen LogP contribution in [-0.2, 0) is 20.9 Å². The Morgan fingerprint density at radius 3 is 2.77 bits per heavy atom. The first-order valence-corrected chi connectivity index (χ1v) is 9.74. The van der Waals surface area contributed by atoms with Crippen LogP contribution in [-0.4, -0.2) is 58.4 Å². The summed E-state index contributed by atoms with van der Waals surface area (Å²) in [4.78, 5) is 34.2. The summed E-state index contributed by atoms with van der Waals surface area (Å²) in [5.74, 6) is 0.547. The third kappa shape index (κ3) is 3.34. The lowest BCUT2D eigenvalue weighted by Gasteiger charge is -2.40. The smallest absolute Gasteiger partial charge is 0.226 e. The lowest BCUT2D eigenvalue weighted by Crippen LogP contribution is -2.53. The van der Waals surface area contributed by atoms with Gasteiger partial charge < -0.3 is 14.5 Å². The maximum atomic E-state index is 13.0. The topological polar surface area (TPSA) is 62.7 Å². The molecule has 3 aliphatic rings.